The molecule has 0 spiro atoms. The van der Waals surface area contributed by atoms with Crippen LogP contribution < -0.4 is 16.0 Å². The fourth-order valence-corrected chi connectivity index (χ4v) is 3.56. The smallest absolute Gasteiger partial charge is 0.332 e. The lowest BCUT2D eigenvalue weighted by Crippen LogP contribution is -2.37. The molecule has 4 aromatic rings. The van der Waals surface area contributed by atoms with Gasteiger partial charge in [0.1, 0.15) is 5.75 Å². The van der Waals surface area contributed by atoms with Gasteiger partial charge < -0.3 is 4.74 Å². The first-order chi connectivity index (χ1) is 14.3. The van der Waals surface area contributed by atoms with E-state index in [0.29, 0.717) is 10.8 Å². The average Bonchev–Trinajstić information content (AvgIpc) is 3.07. The van der Waals surface area contributed by atoms with Crippen LogP contribution in [0, 0.1) is 13.8 Å². The number of imidazole rings is 1. The summed E-state index contributed by atoms with van der Waals surface area (Å²) in [5, 5.41) is 0.568. The highest BCUT2D eigenvalue weighted by atomic mass is 35.5. The van der Waals surface area contributed by atoms with Gasteiger partial charge in [-0.1, -0.05) is 41.9 Å². The number of hydrogen-bond donors (Lipinski definition) is 0. The Bertz CT molecular complexity index is 1400. The number of fused-ring (bicyclic) bond motifs is 1. The summed E-state index contributed by atoms with van der Waals surface area (Å²) in [4.78, 5) is 29.9. The zero-order chi connectivity index (χ0) is 21.6. The van der Waals surface area contributed by atoms with Crippen molar-refractivity contribution in [2.45, 2.75) is 20.4 Å². The van der Waals surface area contributed by atoms with Crippen LogP contribution in [0.25, 0.3) is 11.2 Å². The third kappa shape index (κ3) is 3.31. The molecule has 0 unspecified atom stereocenters. The van der Waals surface area contributed by atoms with Gasteiger partial charge in [0.15, 0.2) is 11.2 Å². The van der Waals surface area contributed by atoms with Crippen LogP contribution in [0.3, 0.4) is 0 Å². The predicted molar refractivity (Wildman–Crippen MR) is 117 cm³/mol. The van der Waals surface area contributed by atoms with Crippen LogP contribution in [0.1, 0.15) is 16.7 Å². The Hall–Kier alpha value is -3.32. The number of rotatable bonds is 4. The van der Waals surface area contributed by atoms with Crippen LogP contribution in [0.4, 0.5) is 0 Å². The molecule has 0 saturated carbocycles. The first-order valence-electron chi connectivity index (χ1n) is 9.42. The van der Waals surface area contributed by atoms with Gasteiger partial charge in [-0.3, -0.25) is 18.5 Å². The minimum atomic E-state index is -0.451. The monoisotopic (exact) mass is 424 g/mol. The van der Waals surface area contributed by atoms with Crippen molar-refractivity contribution in [2.24, 2.45) is 14.1 Å². The summed E-state index contributed by atoms with van der Waals surface area (Å²) < 4.78 is 10.2. The quantitative estimate of drug-likeness (QED) is 0.502. The Morgan fingerprint density at radius 1 is 1.03 bits per heavy atom. The Balaban J connectivity index is 1.99. The lowest BCUT2D eigenvalue weighted by atomic mass is 10.1. The summed E-state index contributed by atoms with van der Waals surface area (Å²) in [5.74, 6) is 0.632. The van der Waals surface area contributed by atoms with Gasteiger partial charge in [0.2, 0.25) is 0 Å². The SMILES string of the molecule is Cc1ccc(C)c(Oc2nc3c(c(=O)n(C)c(=O)n3C)n2Cc2ccccc2Cl)c1. The van der Waals surface area contributed by atoms with E-state index in [9.17, 15) is 9.59 Å². The molecule has 0 aliphatic rings. The van der Waals surface area contributed by atoms with Crippen LogP contribution in [0.5, 0.6) is 11.8 Å². The molecule has 0 saturated heterocycles. The Labute approximate surface area is 177 Å². The lowest BCUT2D eigenvalue weighted by Gasteiger charge is -2.12. The summed E-state index contributed by atoms with van der Waals surface area (Å²) >= 11 is 6.37. The molecule has 0 aliphatic heterocycles. The van der Waals surface area contributed by atoms with Gasteiger partial charge in [0, 0.05) is 19.1 Å². The van der Waals surface area contributed by atoms with Gasteiger partial charge in [-0.05, 0) is 42.7 Å². The third-order valence-corrected chi connectivity index (χ3v) is 5.51. The molecular formula is C22H21ClN4O3. The van der Waals surface area contributed by atoms with E-state index >= 15 is 0 Å². The molecule has 0 aliphatic carbocycles. The van der Waals surface area contributed by atoms with Gasteiger partial charge in [-0.15, -0.1) is 0 Å². The number of aryl methyl sites for hydroxylation is 3. The second-order valence-corrected chi connectivity index (χ2v) is 7.73. The Kier molecular flexibility index (Phi) is 4.99. The fourth-order valence-electron chi connectivity index (χ4n) is 3.36. The molecule has 7 nitrogen and oxygen atoms in total. The molecule has 2 heterocycles. The molecule has 0 fully saturated rings. The summed E-state index contributed by atoms with van der Waals surface area (Å²) in [7, 11) is 3.03. The first-order valence-corrected chi connectivity index (χ1v) is 9.80. The van der Waals surface area contributed by atoms with Gasteiger partial charge in [-0.2, -0.15) is 4.98 Å². The molecule has 4 rings (SSSR count). The molecule has 2 aromatic carbocycles. The van der Waals surface area contributed by atoms with Crippen LogP contribution in [0.2, 0.25) is 5.02 Å². The van der Waals surface area contributed by atoms with E-state index in [0.717, 1.165) is 21.3 Å². The van der Waals surface area contributed by atoms with E-state index in [-0.39, 0.29) is 23.7 Å². The van der Waals surface area contributed by atoms with E-state index in [4.69, 9.17) is 16.3 Å². The maximum absolute atomic E-state index is 13.0. The molecule has 2 aromatic heterocycles. The Morgan fingerprint density at radius 2 is 1.77 bits per heavy atom. The van der Waals surface area contributed by atoms with Gasteiger partial charge >= 0.3 is 11.7 Å². The number of halogens is 1. The number of aromatic nitrogens is 4. The second kappa shape index (κ2) is 7.50. The zero-order valence-electron chi connectivity index (χ0n) is 17.1. The molecule has 0 atom stereocenters. The summed E-state index contributed by atoms with van der Waals surface area (Å²) in [5.41, 5.74) is 2.42. The summed E-state index contributed by atoms with van der Waals surface area (Å²) in [6.45, 7) is 4.17. The van der Waals surface area contributed by atoms with Crippen molar-refractivity contribution >= 4 is 22.8 Å². The molecular weight excluding hydrogens is 404 g/mol. The van der Waals surface area contributed by atoms with Crippen molar-refractivity contribution in [3.63, 3.8) is 0 Å². The summed E-state index contributed by atoms with van der Waals surface area (Å²) in [6, 6.07) is 13.5. The lowest BCUT2D eigenvalue weighted by molar-refractivity contribution is 0.418. The van der Waals surface area contributed by atoms with Crippen molar-refractivity contribution in [3.8, 4) is 11.8 Å². The van der Waals surface area contributed by atoms with E-state index in [1.54, 1.807) is 17.7 Å². The van der Waals surface area contributed by atoms with Crippen molar-refractivity contribution in [3.05, 3.63) is 85.0 Å². The maximum atomic E-state index is 13.0. The van der Waals surface area contributed by atoms with Crippen molar-refractivity contribution in [1.82, 2.24) is 18.7 Å². The molecule has 0 bridgehead atoms. The summed E-state index contributed by atoms with van der Waals surface area (Å²) in [6.07, 6.45) is 0. The number of ether oxygens (including phenoxy) is 1. The van der Waals surface area contributed by atoms with Crippen LogP contribution in [0.15, 0.2) is 52.1 Å². The van der Waals surface area contributed by atoms with Gasteiger partial charge in [-0.25, -0.2) is 4.79 Å². The number of hydrogen-bond acceptors (Lipinski definition) is 4. The molecule has 154 valence electrons. The van der Waals surface area contributed by atoms with Gasteiger partial charge in [0.25, 0.3) is 5.56 Å². The highest BCUT2D eigenvalue weighted by Crippen LogP contribution is 2.29. The second-order valence-electron chi connectivity index (χ2n) is 7.32. The van der Waals surface area contributed by atoms with E-state index in [1.165, 1.54) is 11.6 Å². The molecule has 8 heteroatoms. The molecule has 0 N–H and O–H groups in total. The van der Waals surface area contributed by atoms with E-state index < -0.39 is 11.2 Å². The minimum Gasteiger partial charge on any atom is -0.425 e. The average molecular weight is 425 g/mol. The minimum absolute atomic E-state index is 0.219. The number of benzene rings is 2. The highest BCUT2D eigenvalue weighted by molar-refractivity contribution is 6.31. The molecule has 30 heavy (non-hydrogen) atoms. The molecule has 0 radical (unpaired) electrons. The largest absolute Gasteiger partial charge is 0.425 e. The van der Waals surface area contributed by atoms with E-state index in [1.807, 2.05) is 50.2 Å². The zero-order valence-corrected chi connectivity index (χ0v) is 17.9. The van der Waals surface area contributed by atoms with E-state index in [2.05, 4.69) is 4.98 Å². The Morgan fingerprint density at radius 3 is 2.50 bits per heavy atom. The van der Waals surface area contributed by atoms with Crippen molar-refractivity contribution in [2.75, 3.05) is 0 Å². The number of nitrogens with zero attached hydrogens (tertiary/aromatic N) is 4. The highest BCUT2D eigenvalue weighted by Gasteiger charge is 2.21. The van der Waals surface area contributed by atoms with Crippen molar-refractivity contribution in [1.29, 1.82) is 0 Å². The maximum Gasteiger partial charge on any atom is 0.332 e. The fraction of sp³-hybridized carbons (Fsp3) is 0.227. The first kappa shape index (κ1) is 20.0. The molecule has 0 amide bonds. The van der Waals surface area contributed by atoms with Gasteiger partial charge in [0.05, 0.1) is 6.54 Å². The van der Waals surface area contributed by atoms with Crippen molar-refractivity contribution < 1.29 is 4.74 Å². The van der Waals surface area contributed by atoms with Crippen LogP contribution in [-0.4, -0.2) is 18.7 Å². The predicted octanol–water partition coefficient (Wildman–Crippen LogP) is 3.54. The van der Waals surface area contributed by atoms with Crippen LogP contribution >= 0.6 is 11.6 Å². The topological polar surface area (TPSA) is 71.1 Å². The third-order valence-electron chi connectivity index (χ3n) is 5.14. The standard InChI is InChI=1S/C22H21ClN4O3/c1-13-9-10-14(2)17(11-13)30-21-24-19-18(20(28)26(4)22(29)25(19)3)27(21)12-15-7-5-6-8-16(15)23/h5-11H,12H2,1-4H3. The normalized spacial score (nSPS) is 11.2. The van der Waals surface area contributed by atoms with Crippen LogP contribution in [-0.2, 0) is 20.6 Å².